The van der Waals surface area contributed by atoms with E-state index in [1.54, 1.807) is 31.4 Å². The van der Waals surface area contributed by atoms with E-state index in [0.717, 1.165) is 11.1 Å². The van der Waals surface area contributed by atoms with Crippen molar-refractivity contribution in [1.82, 2.24) is 9.55 Å². The van der Waals surface area contributed by atoms with Gasteiger partial charge in [0.25, 0.3) is 0 Å². The molecule has 0 amide bonds. The quantitative estimate of drug-likeness (QED) is 0.541. The molecule has 0 atom stereocenters. The number of benzene rings is 2. The summed E-state index contributed by atoms with van der Waals surface area (Å²) in [4.78, 5) is 16.5. The SMILES string of the molecule is COCCn1c(Nc2c(Cl)cccc2Cl)nc2cc(C(=O)O)c3c(c21)CC(C)(C)O3. The minimum Gasteiger partial charge on any atom is -0.486 e. The van der Waals surface area contributed by atoms with Crippen molar-refractivity contribution in [2.45, 2.75) is 32.4 Å². The fraction of sp³-hybridized carbons (Fsp3) is 0.333. The lowest BCUT2D eigenvalue weighted by Gasteiger charge is -2.17. The van der Waals surface area contributed by atoms with Gasteiger partial charge in [0.15, 0.2) is 0 Å². The van der Waals surface area contributed by atoms with Gasteiger partial charge in [-0.2, -0.15) is 0 Å². The second-order valence-electron chi connectivity index (χ2n) is 7.74. The number of methoxy groups -OCH3 is 1. The molecule has 3 aromatic rings. The fourth-order valence-corrected chi connectivity index (χ4v) is 4.26. The Morgan fingerprint density at radius 1 is 1.37 bits per heavy atom. The van der Waals surface area contributed by atoms with Crippen LogP contribution in [-0.2, 0) is 17.7 Å². The van der Waals surface area contributed by atoms with Crippen LogP contribution in [0.4, 0.5) is 11.6 Å². The van der Waals surface area contributed by atoms with E-state index in [4.69, 9.17) is 32.7 Å². The van der Waals surface area contributed by atoms with Gasteiger partial charge in [0.1, 0.15) is 16.9 Å². The van der Waals surface area contributed by atoms with Crippen LogP contribution in [0.2, 0.25) is 10.0 Å². The van der Waals surface area contributed by atoms with Crippen molar-refractivity contribution in [3.8, 4) is 5.75 Å². The number of halogens is 2. The molecule has 1 aliphatic rings. The molecular weight excluding hydrogens is 429 g/mol. The van der Waals surface area contributed by atoms with Crippen LogP contribution < -0.4 is 10.1 Å². The van der Waals surface area contributed by atoms with E-state index in [1.807, 2.05) is 18.4 Å². The van der Waals surface area contributed by atoms with Crippen LogP contribution >= 0.6 is 23.2 Å². The minimum absolute atomic E-state index is 0.0989. The van der Waals surface area contributed by atoms with Gasteiger partial charge in [0.2, 0.25) is 5.95 Å². The molecule has 7 nitrogen and oxygen atoms in total. The predicted octanol–water partition coefficient (Wildman–Crippen LogP) is 5.14. The third kappa shape index (κ3) is 3.57. The van der Waals surface area contributed by atoms with Crippen LogP contribution in [0.3, 0.4) is 0 Å². The van der Waals surface area contributed by atoms with E-state index < -0.39 is 11.6 Å². The summed E-state index contributed by atoms with van der Waals surface area (Å²) < 4.78 is 13.2. The first-order valence-electron chi connectivity index (χ1n) is 9.40. The van der Waals surface area contributed by atoms with Gasteiger partial charge in [0, 0.05) is 25.6 Å². The monoisotopic (exact) mass is 449 g/mol. The van der Waals surface area contributed by atoms with Gasteiger partial charge in [-0.3, -0.25) is 0 Å². The third-order valence-electron chi connectivity index (χ3n) is 5.01. The van der Waals surface area contributed by atoms with E-state index in [1.165, 1.54) is 0 Å². The highest BCUT2D eigenvalue weighted by atomic mass is 35.5. The number of carboxylic acids is 1. The van der Waals surface area contributed by atoms with Crippen LogP contribution in [0.15, 0.2) is 24.3 Å². The van der Waals surface area contributed by atoms with Crippen molar-refractivity contribution < 1.29 is 19.4 Å². The Labute approximate surface area is 183 Å². The number of carboxylic acid groups (broad SMARTS) is 1. The molecule has 0 bridgehead atoms. The molecule has 2 N–H and O–H groups in total. The summed E-state index contributed by atoms with van der Waals surface area (Å²) in [6, 6.07) is 6.76. The number of ether oxygens (including phenoxy) is 2. The van der Waals surface area contributed by atoms with Gasteiger partial charge in [-0.25, -0.2) is 9.78 Å². The summed E-state index contributed by atoms with van der Waals surface area (Å²) in [6.07, 6.45) is 0.560. The van der Waals surface area contributed by atoms with Crippen molar-refractivity contribution in [1.29, 1.82) is 0 Å². The topological polar surface area (TPSA) is 85.6 Å². The van der Waals surface area contributed by atoms with Crippen molar-refractivity contribution in [3.63, 3.8) is 0 Å². The lowest BCUT2D eigenvalue weighted by molar-refractivity contribution is 0.0685. The average molecular weight is 450 g/mol. The van der Waals surface area contributed by atoms with Gasteiger partial charge in [-0.05, 0) is 32.0 Å². The molecule has 30 heavy (non-hydrogen) atoms. The number of aromatic carboxylic acids is 1. The number of hydrogen-bond donors (Lipinski definition) is 2. The summed E-state index contributed by atoms with van der Waals surface area (Å²) >= 11 is 12.7. The second-order valence-corrected chi connectivity index (χ2v) is 8.56. The zero-order chi connectivity index (χ0) is 21.6. The predicted molar refractivity (Wildman–Crippen MR) is 117 cm³/mol. The summed E-state index contributed by atoms with van der Waals surface area (Å²) in [5.41, 5.74) is 2.29. The van der Waals surface area contributed by atoms with Crippen LogP contribution in [0, 0.1) is 0 Å². The Morgan fingerprint density at radius 2 is 2.07 bits per heavy atom. The van der Waals surface area contributed by atoms with Gasteiger partial charge < -0.3 is 24.5 Å². The molecule has 0 saturated heterocycles. The summed E-state index contributed by atoms with van der Waals surface area (Å²) in [7, 11) is 1.62. The zero-order valence-electron chi connectivity index (χ0n) is 16.8. The highest BCUT2D eigenvalue weighted by Gasteiger charge is 2.37. The van der Waals surface area contributed by atoms with Gasteiger partial charge in [-0.1, -0.05) is 29.3 Å². The van der Waals surface area contributed by atoms with Gasteiger partial charge >= 0.3 is 5.97 Å². The molecule has 0 radical (unpaired) electrons. The molecule has 9 heteroatoms. The Balaban J connectivity index is 1.95. The molecular formula is C21H21Cl2N3O4. The molecule has 2 aromatic carbocycles. The first kappa shape index (κ1) is 20.8. The zero-order valence-corrected chi connectivity index (χ0v) is 18.3. The maximum atomic E-state index is 11.9. The van der Waals surface area contributed by atoms with Crippen molar-refractivity contribution in [3.05, 3.63) is 45.4 Å². The number of nitrogens with one attached hydrogen (secondary N) is 1. The van der Waals surface area contributed by atoms with E-state index in [2.05, 4.69) is 10.3 Å². The Kier molecular flexibility index (Phi) is 5.30. The minimum atomic E-state index is -1.05. The standard InChI is InChI=1S/C21H21Cl2N3O4/c1-21(2)10-12-17-15(9-11(19(27)28)18(12)30-21)24-20(26(17)7-8-29-3)25-16-13(22)5-4-6-14(16)23/h4-6,9H,7-8,10H2,1-3H3,(H,24,25)(H,27,28). The molecule has 0 saturated carbocycles. The van der Waals surface area contributed by atoms with Crippen LogP contribution in [-0.4, -0.2) is 39.9 Å². The summed E-state index contributed by atoms with van der Waals surface area (Å²) in [5.74, 6) is -0.173. The number of nitrogens with zero attached hydrogens (tertiary/aromatic N) is 2. The summed E-state index contributed by atoms with van der Waals surface area (Å²) in [5, 5.41) is 13.8. The smallest absolute Gasteiger partial charge is 0.339 e. The molecule has 2 heterocycles. The van der Waals surface area contributed by atoms with Crippen molar-refractivity contribution >= 4 is 51.8 Å². The number of fused-ring (bicyclic) bond motifs is 3. The fourth-order valence-electron chi connectivity index (χ4n) is 3.76. The lowest BCUT2D eigenvalue weighted by atomic mass is 9.99. The molecule has 0 fully saturated rings. The molecule has 0 spiro atoms. The Hall–Kier alpha value is -2.48. The number of aromatic nitrogens is 2. The van der Waals surface area contributed by atoms with Gasteiger partial charge in [-0.15, -0.1) is 0 Å². The highest BCUT2D eigenvalue weighted by Crippen LogP contribution is 2.43. The van der Waals surface area contributed by atoms with Crippen molar-refractivity contribution in [2.75, 3.05) is 19.0 Å². The largest absolute Gasteiger partial charge is 0.486 e. The van der Waals surface area contributed by atoms with E-state index in [-0.39, 0.29) is 5.56 Å². The van der Waals surface area contributed by atoms with E-state index in [9.17, 15) is 9.90 Å². The average Bonchev–Trinajstić information content (AvgIpc) is 3.17. The number of para-hydroxylation sites is 1. The van der Waals surface area contributed by atoms with Crippen molar-refractivity contribution in [2.24, 2.45) is 0 Å². The first-order chi connectivity index (χ1) is 14.2. The molecule has 1 aliphatic heterocycles. The summed E-state index contributed by atoms with van der Waals surface area (Å²) in [6.45, 7) is 4.80. The lowest BCUT2D eigenvalue weighted by Crippen LogP contribution is -2.25. The van der Waals surface area contributed by atoms with Gasteiger partial charge in [0.05, 0.1) is 33.4 Å². The maximum absolute atomic E-state index is 11.9. The first-order valence-corrected chi connectivity index (χ1v) is 10.2. The van der Waals surface area contributed by atoms with Crippen LogP contribution in [0.1, 0.15) is 29.8 Å². The normalized spacial score (nSPS) is 14.6. The number of rotatable bonds is 6. The maximum Gasteiger partial charge on any atom is 0.339 e. The molecule has 158 valence electrons. The molecule has 0 aliphatic carbocycles. The number of carbonyl (C=O) groups is 1. The number of imidazole rings is 1. The number of anilines is 2. The third-order valence-corrected chi connectivity index (χ3v) is 5.64. The highest BCUT2D eigenvalue weighted by molar-refractivity contribution is 6.39. The molecule has 1 aromatic heterocycles. The Morgan fingerprint density at radius 3 is 2.70 bits per heavy atom. The molecule has 0 unspecified atom stereocenters. The van der Waals surface area contributed by atoms with E-state index >= 15 is 0 Å². The number of hydrogen-bond acceptors (Lipinski definition) is 5. The second kappa shape index (κ2) is 7.65. The van der Waals surface area contributed by atoms with Crippen LogP contribution in [0.5, 0.6) is 5.75 Å². The van der Waals surface area contributed by atoms with Crippen LogP contribution in [0.25, 0.3) is 11.0 Å². The van der Waals surface area contributed by atoms with E-state index in [0.29, 0.717) is 52.5 Å². The Bertz CT molecular complexity index is 1140. The molecule has 4 rings (SSSR count).